The summed E-state index contributed by atoms with van der Waals surface area (Å²) in [5.74, 6) is -0.642. The van der Waals surface area contributed by atoms with Crippen LogP contribution in [-0.4, -0.2) is 22.0 Å². The van der Waals surface area contributed by atoms with E-state index in [1.807, 2.05) is 31.2 Å². The third kappa shape index (κ3) is 3.06. The van der Waals surface area contributed by atoms with E-state index < -0.39 is 16.4 Å². The second-order valence-corrected chi connectivity index (χ2v) is 5.60. The number of rotatable bonds is 4. The topological polar surface area (TPSA) is 128 Å². The highest BCUT2D eigenvalue weighted by molar-refractivity contribution is 5.91. The molecule has 130 valence electrons. The third-order valence-electron chi connectivity index (χ3n) is 3.80. The number of benzene rings is 2. The number of ether oxygens (including phenoxy) is 1. The number of nitriles is 1. The highest BCUT2D eigenvalue weighted by atomic mass is 16.6. The second kappa shape index (κ2) is 6.57. The first kappa shape index (κ1) is 17.0. The summed E-state index contributed by atoms with van der Waals surface area (Å²) in [7, 11) is 1.25. The van der Waals surface area contributed by atoms with Crippen LogP contribution in [-0.2, 0) is 0 Å². The number of fused-ring (bicyclic) bond motifs is 1. The van der Waals surface area contributed by atoms with Crippen molar-refractivity contribution in [3.63, 3.8) is 0 Å². The maximum Gasteiger partial charge on any atom is 0.266 e. The summed E-state index contributed by atoms with van der Waals surface area (Å²) in [6.07, 6.45) is 1.42. The van der Waals surface area contributed by atoms with Crippen LogP contribution in [0.3, 0.4) is 0 Å². The number of imidazole rings is 1. The number of H-pyrrole nitrogens is 1. The molecule has 0 amide bonds. The summed E-state index contributed by atoms with van der Waals surface area (Å²) >= 11 is 0. The predicted molar refractivity (Wildman–Crippen MR) is 93.4 cm³/mol. The molecule has 3 rings (SSSR count). The van der Waals surface area contributed by atoms with Gasteiger partial charge in [0.25, 0.3) is 5.69 Å². The van der Waals surface area contributed by atoms with E-state index in [-0.39, 0.29) is 11.3 Å². The first-order valence-electron chi connectivity index (χ1n) is 7.55. The lowest BCUT2D eigenvalue weighted by Gasteiger charge is -2.13. The fraction of sp³-hybridized carbons (Fsp3) is 0.111. The summed E-state index contributed by atoms with van der Waals surface area (Å²) in [6.45, 7) is 1.94. The van der Waals surface area contributed by atoms with Crippen molar-refractivity contribution in [1.82, 2.24) is 9.97 Å². The molecule has 26 heavy (non-hydrogen) atoms. The quantitative estimate of drug-likeness (QED) is 0.438. The van der Waals surface area contributed by atoms with Crippen molar-refractivity contribution >= 4 is 28.4 Å². The van der Waals surface area contributed by atoms with Crippen molar-refractivity contribution in [3.8, 4) is 17.6 Å². The Hall–Kier alpha value is -3.86. The fourth-order valence-corrected chi connectivity index (χ4v) is 2.55. The van der Waals surface area contributed by atoms with Crippen LogP contribution in [0.15, 0.2) is 30.3 Å². The number of nitro groups is 1. The largest absolute Gasteiger partial charge is 0.865 e. The second-order valence-electron chi connectivity index (χ2n) is 5.60. The molecule has 8 nitrogen and oxygen atoms in total. The number of aromatic amines is 1. The highest BCUT2D eigenvalue weighted by Crippen LogP contribution is 2.35. The number of nitro benzene ring substituents is 1. The Morgan fingerprint density at radius 1 is 1.38 bits per heavy atom. The van der Waals surface area contributed by atoms with Gasteiger partial charge in [0.05, 0.1) is 28.6 Å². The molecule has 0 saturated carbocycles. The Bertz CT molecular complexity index is 1090. The molecule has 0 bridgehead atoms. The number of nitrogens with zero attached hydrogens (tertiary/aromatic N) is 3. The van der Waals surface area contributed by atoms with Crippen molar-refractivity contribution < 1.29 is 14.8 Å². The van der Waals surface area contributed by atoms with E-state index in [1.54, 1.807) is 0 Å². The van der Waals surface area contributed by atoms with E-state index >= 15 is 0 Å². The average molecular weight is 349 g/mol. The maximum atomic E-state index is 11.9. The molecule has 0 unspecified atom stereocenters. The number of nitrogens with one attached hydrogen (secondary N) is 1. The number of aromatic nitrogens is 2. The molecule has 2 aromatic carbocycles. The van der Waals surface area contributed by atoms with Gasteiger partial charge in [0.1, 0.15) is 17.6 Å². The molecular formula is C18H13N4O4-. The SMILES string of the molecule is COc1cc(/C=C(\C#N)c2nc3ccc(C)cc3[nH]2)cc([N+](=O)[O-])c1[O-]. The van der Waals surface area contributed by atoms with Crippen molar-refractivity contribution in [2.24, 2.45) is 0 Å². The number of hydrogen-bond donors (Lipinski definition) is 1. The van der Waals surface area contributed by atoms with Gasteiger partial charge in [-0.05, 0) is 42.3 Å². The first-order chi connectivity index (χ1) is 12.4. The number of allylic oxidation sites excluding steroid dienone is 1. The molecule has 0 aliphatic carbocycles. The molecule has 3 aromatic rings. The van der Waals surface area contributed by atoms with Crippen LogP contribution in [0.2, 0.25) is 0 Å². The van der Waals surface area contributed by atoms with Crippen molar-refractivity contribution in [2.75, 3.05) is 7.11 Å². The minimum atomic E-state index is -0.813. The highest BCUT2D eigenvalue weighted by Gasteiger charge is 2.14. The van der Waals surface area contributed by atoms with Gasteiger partial charge in [0.15, 0.2) is 0 Å². The summed E-state index contributed by atoms with van der Waals surface area (Å²) in [5, 5.41) is 32.4. The molecule has 0 aliphatic heterocycles. The zero-order valence-electron chi connectivity index (χ0n) is 13.9. The van der Waals surface area contributed by atoms with Gasteiger partial charge in [0.2, 0.25) is 0 Å². The summed E-state index contributed by atoms with van der Waals surface area (Å²) in [4.78, 5) is 17.7. The van der Waals surface area contributed by atoms with Crippen LogP contribution in [0, 0.1) is 28.4 Å². The van der Waals surface area contributed by atoms with Crippen LogP contribution in [0.1, 0.15) is 17.0 Å². The van der Waals surface area contributed by atoms with Crippen molar-refractivity contribution in [3.05, 3.63) is 57.4 Å². The summed E-state index contributed by atoms with van der Waals surface area (Å²) in [6, 6.07) is 10.1. The summed E-state index contributed by atoms with van der Waals surface area (Å²) < 4.78 is 4.91. The van der Waals surface area contributed by atoms with Crippen LogP contribution in [0.4, 0.5) is 5.69 Å². The summed E-state index contributed by atoms with van der Waals surface area (Å²) in [5.41, 5.74) is 2.37. The molecule has 0 fully saturated rings. The van der Waals surface area contributed by atoms with Crippen LogP contribution >= 0.6 is 0 Å². The number of aryl methyl sites for hydroxylation is 1. The van der Waals surface area contributed by atoms with Crippen LogP contribution in [0.25, 0.3) is 22.7 Å². The molecule has 1 heterocycles. The van der Waals surface area contributed by atoms with Crippen molar-refractivity contribution in [1.29, 1.82) is 5.26 Å². The Morgan fingerprint density at radius 3 is 2.81 bits per heavy atom. The van der Waals surface area contributed by atoms with Gasteiger partial charge >= 0.3 is 0 Å². The normalized spacial score (nSPS) is 11.3. The molecule has 1 N–H and O–H groups in total. The van der Waals surface area contributed by atoms with Gasteiger partial charge < -0.3 is 14.8 Å². The molecule has 1 aromatic heterocycles. The molecule has 8 heteroatoms. The van der Waals surface area contributed by atoms with Crippen molar-refractivity contribution in [2.45, 2.75) is 6.92 Å². The van der Waals surface area contributed by atoms with E-state index in [2.05, 4.69) is 9.97 Å². The molecule has 0 saturated heterocycles. The van der Waals surface area contributed by atoms with Gasteiger partial charge in [-0.3, -0.25) is 10.1 Å². The fourth-order valence-electron chi connectivity index (χ4n) is 2.55. The average Bonchev–Trinajstić information content (AvgIpc) is 3.03. The standard InChI is InChI=1S/C18H14N4O4/c1-10-3-4-13-14(5-10)21-18(20-13)12(9-19)6-11-7-15(22(24)25)17(23)16(8-11)26-2/h3-8,23H,1-2H3,(H,20,21)/p-1/b12-6+. The molecule has 0 aliphatic rings. The lowest BCUT2D eigenvalue weighted by molar-refractivity contribution is -0.398. The van der Waals surface area contributed by atoms with Gasteiger partial charge in [-0.1, -0.05) is 6.07 Å². The first-order valence-corrected chi connectivity index (χ1v) is 7.55. The number of methoxy groups -OCH3 is 1. The zero-order chi connectivity index (χ0) is 18.8. The zero-order valence-corrected chi connectivity index (χ0v) is 13.9. The Labute approximate surface area is 148 Å². The predicted octanol–water partition coefficient (Wildman–Crippen LogP) is 2.93. The monoisotopic (exact) mass is 349 g/mol. The third-order valence-corrected chi connectivity index (χ3v) is 3.80. The Morgan fingerprint density at radius 2 is 2.15 bits per heavy atom. The van der Waals surface area contributed by atoms with E-state index in [0.717, 1.165) is 17.1 Å². The maximum absolute atomic E-state index is 11.9. The molecule has 0 radical (unpaired) electrons. The molecular weight excluding hydrogens is 336 g/mol. The Balaban J connectivity index is 2.12. The van der Waals surface area contributed by atoms with E-state index in [9.17, 15) is 20.5 Å². The van der Waals surface area contributed by atoms with Gasteiger partial charge in [-0.15, -0.1) is 0 Å². The van der Waals surface area contributed by atoms with E-state index in [4.69, 9.17) is 4.74 Å². The lowest BCUT2D eigenvalue weighted by Crippen LogP contribution is -2.01. The minimum absolute atomic E-state index is 0.164. The number of hydrogen-bond acceptors (Lipinski definition) is 6. The smallest absolute Gasteiger partial charge is 0.266 e. The minimum Gasteiger partial charge on any atom is -0.865 e. The van der Waals surface area contributed by atoms with Gasteiger partial charge in [-0.2, -0.15) is 5.26 Å². The molecule has 0 spiro atoms. The van der Waals surface area contributed by atoms with Crippen LogP contribution in [0.5, 0.6) is 11.5 Å². The van der Waals surface area contributed by atoms with Gasteiger partial charge in [-0.25, -0.2) is 4.98 Å². The lowest BCUT2D eigenvalue weighted by atomic mass is 10.1. The Kier molecular flexibility index (Phi) is 4.29. The van der Waals surface area contributed by atoms with E-state index in [0.29, 0.717) is 16.9 Å². The van der Waals surface area contributed by atoms with Crippen LogP contribution < -0.4 is 9.84 Å². The van der Waals surface area contributed by atoms with Gasteiger partial charge in [0, 0.05) is 11.8 Å². The molecule has 0 atom stereocenters. The van der Waals surface area contributed by atoms with E-state index in [1.165, 1.54) is 19.3 Å².